The second-order valence-electron chi connectivity index (χ2n) is 9.55. The van der Waals surface area contributed by atoms with Crippen LogP contribution < -0.4 is 4.90 Å². The number of nitrogens with zero attached hydrogens (tertiary/aromatic N) is 5. The lowest BCUT2D eigenvalue weighted by Crippen LogP contribution is -2.52. The summed E-state index contributed by atoms with van der Waals surface area (Å²) < 4.78 is 28.8. The van der Waals surface area contributed by atoms with Crippen LogP contribution in [0, 0.1) is 5.92 Å². The molecule has 5 rings (SSSR count). The number of likely N-dealkylation sites (N-methyl/N-ethyl adjacent to an activating group) is 1. The lowest BCUT2D eigenvalue weighted by molar-refractivity contribution is -0.135. The smallest absolute Gasteiger partial charge is 0.248 e. The van der Waals surface area contributed by atoms with Gasteiger partial charge in [0.25, 0.3) is 0 Å². The molecule has 6 nitrogen and oxygen atoms in total. The van der Waals surface area contributed by atoms with E-state index in [1.807, 2.05) is 4.90 Å². The summed E-state index contributed by atoms with van der Waals surface area (Å²) >= 11 is 0. The number of piperazine rings is 1. The third-order valence-corrected chi connectivity index (χ3v) is 7.37. The van der Waals surface area contributed by atoms with E-state index in [0.717, 1.165) is 24.6 Å². The molecule has 2 atom stereocenters. The van der Waals surface area contributed by atoms with Crippen LogP contribution in [-0.2, 0) is 17.9 Å². The maximum absolute atomic E-state index is 13.4. The van der Waals surface area contributed by atoms with Gasteiger partial charge in [-0.3, -0.25) is 9.48 Å². The third kappa shape index (κ3) is 3.76. The van der Waals surface area contributed by atoms with Crippen molar-refractivity contribution in [2.45, 2.75) is 76.0 Å². The second-order valence-corrected chi connectivity index (χ2v) is 9.55. The highest BCUT2D eigenvalue weighted by molar-refractivity contribution is 5.76. The normalized spacial score (nSPS) is 29.9. The standard InChI is InChI=1S/C21H31F2N5O/c1-25-12-16-2-3-17(13-25)28(16)19-11-18-14-26(8-9-27(18)24-19)20(29)10-15-4-6-21(22,23)7-5-15/h11,15-17H,2-10,12-14H2,1H3. The van der Waals surface area contributed by atoms with Crippen molar-refractivity contribution in [3.63, 3.8) is 0 Å². The monoisotopic (exact) mass is 407 g/mol. The molecule has 8 heteroatoms. The summed E-state index contributed by atoms with van der Waals surface area (Å²) in [6.07, 6.45) is 3.62. The van der Waals surface area contributed by atoms with Crippen LogP contribution in [0.15, 0.2) is 6.07 Å². The number of anilines is 1. The lowest BCUT2D eigenvalue weighted by Gasteiger charge is -2.39. The van der Waals surface area contributed by atoms with E-state index >= 15 is 0 Å². The minimum atomic E-state index is -2.53. The van der Waals surface area contributed by atoms with Gasteiger partial charge in [0.15, 0.2) is 5.82 Å². The predicted molar refractivity (Wildman–Crippen MR) is 106 cm³/mol. The molecule has 1 saturated carbocycles. The van der Waals surface area contributed by atoms with Gasteiger partial charge < -0.3 is 14.7 Å². The quantitative estimate of drug-likeness (QED) is 0.773. The van der Waals surface area contributed by atoms with Gasteiger partial charge in [-0.05, 0) is 38.6 Å². The maximum atomic E-state index is 13.4. The average molecular weight is 408 g/mol. The van der Waals surface area contributed by atoms with Crippen LogP contribution in [0.25, 0.3) is 0 Å². The Labute approximate surface area is 170 Å². The van der Waals surface area contributed by atoms with Crippen molar-refractivity contribution in [3.8, 4) is 0 Å². The Bertz CT molecular complexity index is 757. The van der Waals surface area contributed by atoms with Crippen LogP contribution in [0.3, 0.4) is 0 Å². The molecule has 0 aromatic carbocycles. The molecule has 160 valence electrons. The number of carbonyl (C=O) groups excluding carboxylic acids is 1. The molecule has 1 amide bonds. The zero-order valence-electron chi connectivity index (χ0n) is 17.2. The van der Waals surface area contributed by atoms with Gasteiger partial charge in [-0.1, -0.05) is 0 Å². The SMILES string of the molecule is CN1CC2CCC(C1)N2c1cc2n(n1)CCN(C(=O)CC1CCC(F)(F)CC1)C2. The summed E-state index contributed by atoms with van der Waals surface area (Å²) in [5, 5.41) is 4.87. The Morgan fingerprint density at radius 2 is 1.83 bits per heavy atom. The first-order valence-electron chi connectivity index (χ1n) is 11.1. The van der Waals surface area contributed by atoms with E-state index in [4.69, 9.17) is 5.10 Å². The van der Waals surface area contributed by atoms with Crippen LogP contribution in [0.2, 0.25) is 0 Å². The van der Waals surface area contributed by atoms with Crippen molar-refractivity contribution >= 4 is 11.7 Å². The van der Waals surface area contributed by atoms with Crippen LogP contribution >= 0.6 is 0 Å². The molecule has 2 bridgehead atoms. The number of fused-ring (bicyclic) bond motifs is 3. The van der Waals surface area contributed by atoms with Crippen molar-refractivity contribution < 1.29 is 13.6 Å². The van der Waals surface area contributed by atoms with Crippen LogP contribution in [0.1, 0.15) is 50.6 Å². The lowest BCUT2D eigenvalue weighted by atomic mass is 9.84. The van der Waals surface area contributed by atoms with Gasteiger partial charge in [0.1, 0.15) is 0 Å². The topological polar surface area (TPSA) is 44.6 Å². The Balaban J connectivity index is 1.22. The Morgan fingerprint density at radius 3 is 2.52 bits per heavy atom. The fourth-order valence-corrected chi connectivity index (χ4v) is 5.76. The van der Waals surface area contributed by atoms with Gasteiger partial charge in [-0.15, -0.1) is 0 Å². The largest absolute Gasteiger partial charge is 0.347 e. The first-order valence-corrected chi connectivity index (χ1v) is 11.1. The molecular formula is C21H31F2N5O. The summed E-state index contributed by atoms with van der Waals surface area (Å²) in [5.74, 6) is -1.26. The van der Waals surface area contributed by atoms with E-state index in [9.17, 15) is 13.6 Å². The average Bonchev–Trinajstić information content (AvgIpc) is 3.21. The molecule has 3 fully saturated rings. The van der Waals surface area contributed by atoms with Crippen molar-refractivity contribution in [2.75, 3.05) is 31.6 Å². The highest BCUT2D eigenvalue weighted by atomic mass is 19.3. The van der Waals surface area contributed by atoms with Crippen molar-refractivity contribution in [1.82, 2.24) is 19.6 Å². The number of hydrogen-bond donors (Lipinski definition) is 0. The molecule has 0 radical (unpaired) electrons. The van der Waals surface area contributed by atoms with Crippen molar-refractivity contribution in [1.29, 1.82) is 0 Å². The minimum Gasteiger partial charge on any atom is -0.347 e. The number of hydrogen-bond acceptors (Lipinski definition) is 4. The van der Waals surface area contributed by atoms with Gasteiger partial charge in [-0.25, -0.2) is 8.78 Å². The van der Waals surface area contributed by atoms with E-state index < -0.39 is 5.92 Å². The molecule has 1 aromatic heterocycles. The maximum Gasteiger partial charge on any atom is 0.248 e. The van der Waals surface area contributed by atoms with Crippen molar-refractivity contribution in [3.05, 3.63) is 11.8 Å². The molecule has 29 heavy (non-hydrogen) atoms. The molecule has 1 aromatic rings. The zero-order chi connectivity index (χ0) is 20.2. The van der Waals surface area contributed by atoms with Gasteiger partial charge in [0, 0.05) is 57.0 Å². The fourth-order valence-electron chi connectivity index (χ4n) is 5.76. The van der Waals surface area contributed by atoms with E-state index in [2.05, 4.69) is 27.6 Å². The highest BCUT2D eigenvalue weighted by Gasteiger charge is 2.40. The molecule has 2 saturated heterocycles. The molecule has 3 aliphatic heterocycles. The fraction of sp³-hybridized carbons (Fsp3) is 0.810. The first-order chi connectivity index (χ1) is 13.9. The summed E-state index contributed by atoms with van der Waals surface area (Å²) in [6, 6.07) is 3.24. The molecule has 2 unspecified atom stereocenters. The summed E-state index contributed by atoms with van der Waals surface area (Å²) in [4.78, 5) is 19.6. The second kappa shape index (κ2) is 7.22. The highest BCUT2D eigenvalue weighted by Crippen LogP contribution is 2.38. The number of likely N-dealkylation sites (tertiary alicyclic amines) is 1. The van der Waals surface area contributed by atoms with Crippen LogP contribution in [0.5, 0.6) is 0 Å². The number of amides is 1. The number of alkyl halides is 2. The summed E-state index contributed by atoms with van der Waals surface area (Å²) in [7, 11) is 2.19. The minimum absolute atomic E-state index is 0.0750. The van der Waals surface area contributed by atoms with Gasteiger partial charge in [-0.2, -0.15) is 5.10 Å². The Morgan fingerprint density at radius 1 is 1.14 bits per heavy atom. The van der Waals surface area contributed by atoms with Crippen LogP contribution in [0.4, 0.5) is 14.6 Å². The van der Waals surface area contributed by atoms with E-state index in [0.29, 0.717) is 51.0 Å². The first kappa shape index (κ1) is 19.3. The molecule has 4 aliphatic rings. The van der Waals surface area contributed by atoms with E-state index in [1.54, 1.807) is 0 Å². The summed E-state index contributed by atoms with van der Waals surface area (Å²) in [6.45, 7) is 4.13. The third-order valence-electron chi connectivity index (χ3n) is 7.37. The zero-order valence-corrected chi connectivity index (χ0v) is 17.2. The molecular weight excluding hydrogens is 376 g/mol. The predicted octanol–water partition coefficient (Wildman–Crippen LogP) is 2.72. The van der Waals surface area contributed by atoms with Gasteiger partial charge in [0.2, 0.25) is 11.8 Å². The van der Waals surface area contributed by atoms with E-state index in [1.165, 1.54) is 12.8 Å². The molecule has 0 spiro atoms. The number of halogens is 2. The Hall–Kier alpha value is -1.70. The molecule has 1 aliphatic carbocycles. The number of aromatic nitrogens is 2. The number of carbonyl (C=O) groups is 1. The van der Waals surface area contributed by atoms with Gasteiger partial charge >= 0.3 is 0 Å². The van der Waals surface area contributed by atoms with Gasteiger partial charge in [0.05, 0.1) is 18.8 Å². The van der Waals surface area contributed by atoms with E-state index in [-0.39, 0.29) is 24.7 Å². The summed E-state index contributed by atoms with van der Waals surface area (Å²) in [5.41, 5.74) is 1.09. The van der Waals surface area contributed by atoms with Crippen molar-refractivity contribution in [2.24, 2.45) is 5.92 Å². The molecule has 4 heterocycles. The molecule has 0 N–H and O–H groups in total. The Kier molecular flexibility index (Phi) is 4.80. The van der Waals surface area contributed by atoms with Crippen LogP contribution in [-0.4, -0.2) is 70.2 Å². The number of rotatable bonds is 3.